The first-order valence-electron chi connectivity index (χ1n) is 6.25. The van der Waals surface area contributed by atoms with E-state index in [2.05, 4.69) is 4.98 Å². The van der Waals surface area contributed by atoms with Gasteiger partial charge in [-0.15, -0.1) is 0 Å². The van der Waals surface area contributed by atoms with Crippen molar-refractivity contribution in [1.29, 1.82) is 0 Å². The summed E-state index contributed by atoms with van der Waals surface area (Å²) in [6.45, 7) is 1.91. The number of anilines is 1. The summed E-state index contributed by atoms with van der Waals surface area (Å²) in [6, 6.07) is 10.7. The molecule has 2 aromatic carbocycles. The van der Waals surface area contributed by atoms with Gasteiger partial charge in [-0.2, -0.15) is 0 Å². The van der Waals surface area contributed by atoms with Gasteiger partial charge in [0.05, 0.1) is 11.6 Å². The second-order valence-electron chi connectivity index (χ2n) is 4.68. The molecule has 20 heavy (non-hydrogen) atoms. The van der Waals surface area contributed by atoms with E-state index in [0.717, 1.165) is 5.56 Å². The average molecular weight is 273 g/mol. The van der Waals surface area contributed by atoms with Gasteiger partial charge < -0.3 is 10.3 Å². The summed E-state index contributed by atoms with van der Waals surface area (Å²) in [4.78, 5) is 4.07. The van der Waals surface area contributed by atoms with Crippen molar-refractivity contribution < 1.29 is 8.78 Å². The molecule has 0 fully saturated rings. The molecule has 1 aromatic heterocycles. The van der Waals surface area contributed by atoms with Crippen molar-refractivity contribution in [3.8, 4) is 0 Å². The smallest absolute Gasteiger partial charge is 0.201 e. The molecule has 0 amide bonds. The molecule has 0 bridgehead atoms. The molecule has 3 rings (SSSR count). The lowest BCUT2D eigenvalue weighted by molar-refractivity contribution is 0.621. The monoisotopic (exact) mass is 273 g/mol. The molecule has 2 N–H and O–H groups in total. The fourth-order valence-electron chi connectivity index (χ4n) is 2.40. The van der Waals surface area contributed by atoms with Crippen LogP contribution in [-0.2, 0) is 0 Å². The topological polar surface area (TPSA) is 43.8 Å². The minimum absolute atomic E-state index is 0.164. The first-order chi connectivity index (χ1) is 9.58. The first kappa shape index (κ1) is 12.6. The van der Waals surface area contributed by atoms with Crippen LogP contribution >= 0.6 is 0 Å². The number of aromatic nitrogens is 2. The fourth-order valence-corrected chi connectivity index (χ4v) is 2.40. The second kappa shape index (κ2) is 4.59. The molecule has 1 heterocycles. The highest BCUT2D eigenvalue weighted by atomic mass is 19.1. The molecule has 1 atom stereocenters. The standard InChI is InChI=1S/C15H13F2N3/c1-9(10-5-7-11(16)8-6-10)20-13-4-2-3-12(17)14(13)19-15(20)18/h2-9H,1H3,(H2,18,19). The van der Waals surface area contributed by atoms with E-state index < -0.39 is 5.82 Å². The highest BCUT2D eigenvalue weighted by Gasteiger charge is 2.17. The Bertz CT molecular complexity index is 763. The number of fused-ring (bicyclic) bond motifs is 1. The van der Waals surface area contributed by atoms with E-state index in [1.807, 2.05) is 6.92 Å². The number of nitrogen functional groups attached to an aromatic ring is 1. The predicted octanol–water partition coefficient (Wildman–Crippen LogP) is 3.51. The van der Waals surface area contributed by atoms with E-state index in [4.69, 9.17) is 5.73 Å². The van der Waals surface area contributed by atoms with E-state index >= 15 is 0 Å². The van der Waals surface area contributed by atoms with Gasteiger partial charge in [0.1, 0.15) is 11.3 Å². The Hall–Kier alpha value is -2.43. The molecule has 102 valence electrons. The first-order valence-corrected chi connectivity index (χ1v) is 6.25. The van der Waals surface area contributed by atoms with Gasteiger partial charge >= 0.3 is 0 Å². The van der Waals surface area contributed by atoms with Crippen molar-refractivity contribution in [3.63, 3.8) is 0 Å². The summed E-state index contributed by atoms with van der Waals surface area (Å²) in [7, 11) is 0. The summed E-state index contributed by atoms with van der Waals surface area (Å²) >= 11 is 0. The largest absolute Gasteiger partial charge is 0.369 e. The molecule has 0 aliphatic carbocycles. The molecule has 1 unspecified atom stereocenters. The maximum Gasteiger partial charge on any atom is 0.201 e. The lowest BCUT2D eigenvalue weighted by atomic mass is 10.1. The Balaban J connectivity index is 2.16. The molecule has 3 aromatic rings. The maximum atomic E-state index is 13.7. The maximum absolute atomic E-state index is 13.7. The van der Waals surface area contributed by atoms with Gasteiger partial charge in [0.2, 0.25) is 5.95 Å². The van der Waals surface area contributed by atoms with Gasteiger partial charge in [0, 0.05) is 0 Å². The average Bonchev–Trinajstić information content (AvgIpc) is 2.77. The molecule has 0 spiro atoms. The summed E-state index contributed by atoms with van der Waals surface area (Å²) in [5, 5.41) is 0. The van der Waals surface area contributed by atoms with Crippen LogP contribution in [0.5, 0.6) is 0 Å². The quantitative estimate of drug-likeness (QED) is 0.776. The van der Waals surface area contributed by atoms with E-state index in [1.54, 1.807) is 28.8 Å². The Labute approximate surface area is 114 Å². The number of benzene rings is 2. The number of rotatable bonds is 2. The van der Waals surface area contributed by atoms with Crippen LogP contribution in [0.15, 0.2) is 42.5 Å². The van der Waals surface area contributed by atoms with Crippen LogP contribution in [0.1, 0.15) is 18.5 Å². The van der Waals surface area contributed by atoms with E-state index in [1.165, 1.54) is 18.2 Å². The number of hydrogen-bond donors (Lipinski definition) is 1. The van der Waals surface area contributed by atoms with Crippen LogP contribution in [0.25, 0.3) is 11.0 Å². The summed E-state index contributed by atoms with van der Waals surface area (Å²) < 4.78 is 28.4. The van der Waals surface area contributed by atoms with Crippen LogP contribution in [-0.4, -0.2) is 9.55 Å². The lowest BCUT2D eigenvalue weighted by Gasteiger charge is -2.16. The Morgan fingerprint density at radius 1 is 1.10 bits per heavy atom. The van der Waals surface area contributed by atoms with E-state index in [9.17, 15) is 8.78 Å². The third-order valence-electron chi connectivity index (χ3n) is 3.44. The number of nitrogens with zero attached hydrogens (tertiary/aromatic N) is 2. The SMILES string of the molecule is CC(c1ccc(F)cc1)n1c(N)nc2c(F)cccc21. The normalized spacial score (nSPS) is 12.8. The molecule has 0 saturated carbocycles. The number of nitrogens with two attached hydrogens (primary N) is 1. The number of imidazole rings is 1. The Kier molecular flexibility index (Phi) is 2.89. The minimum Gasteiger partial charge on any atom is -0.369 e. The van der Waals surface area contributed by atoms with E-state index in [-0.39, 0.29) is 23.3 Å². The zero-order chi connectivity index (χ0) is 14.3. The van der Waals surface area contributed by atoms with Gasteiger partial charge in [-0.05, 0) is 36.8 Å². The van der Waals surface area contributed by atoms with Crippen molar-refractivity contribution in [1.82, 2.24) is 9.55 Å². The Morgan fingerprint density at radius 3 is 2.50 bits per heavy atom. The third-order valence-corrected chi connectivity index (χ3v) is 3.44. The Morgan fingerprint density at radius 2 is 1.80 bits per heavy atom. The molecular formula is C15H13F2N3. The van der Waals surface area contributed by atoms with Crippen molar-refractivity contribution in [2.75, 3.05) is 5.73 Å². The molecule has 0 aliphatic heterocycles. The van der Waals surface area contributed by atoms with Crippen LogP contribution in [0.3, 0.4) is 0 Å². The van der Waals surface area contributed by atoms with Crippen LogP contribution < -0.4 is 5.73 Å². The summed E-state index contributed by atoms with van der Waals surface area (Å²) in [6.07, 6.45) is 0. The summed E-state index contributed by atoms with van der Waals surface area (Å²) in [5.41, 5.74) is 7.65. The highest BCUT2D eigenvalue weighted by molar-refractivity contribution is 5.79. The van der Waals surface area contributed by atoms with Crippen molar-refractivity contribution in [2.45, 2.75) is 13.0 Å². The van der Waals surface area contributed by atoms with Gasteiger partial charge in [-0.1, -0.05) is 18.2 Å². The number of para-hydroxylation sites is 1. The van der Waals surface area contributed by atoms with Crippen molar-refractivity contribution >= 4 is 17.0 Å². The molecule has 0 radical (unpaired) electrons. The number of halogens is 2. The minimum atomic E-state index is -0.403. The number of hydrogen-bond acceptors (Lipinski definition) is 2. The van der Waals surface area contributed by atoms with E-state index in [0.29, 0.717) is 5.52 Å². The van der Waals surface area contributed by atoms with Crippen LogP contribution in [0.4, 0.5) is 14.7 Å². The van der Waals surface area contributed by atoms with Crippen molar-refractivity contribution in [3.05, 3.63) is 59.7 Å². The highest BCUT2D eigenvalue weighted by Crippen LogP contribution is 2.28. The van der Waals surface area contributed by atoms with Crippen LogP contribution in [0.2, 0.25) is 0 Å². The molecule has 5 heteroatoms. The van der Waals surface area contributed by atoms with Gasteiger partial charge in [0.15, 0.2) is 5.82 Å². The fraction of sp³-hybridized carbons (Fsp3) is 0.133. The van der Waals surface area contributed by atoms with Gasteiger partial charge in [-0.25, -0.2) is 13.8 Å². The second-order valence-corrected chi connectivity index (χ2v) is 4.68. The van der Waals surface area contributed by atoms with Crippen LogP contribution in [0, 0.1) is 11.6 Å². The molecular weight excluding hydrogens is 260 g/mol. The molecule has 3 nitrogen and oxygen atoms in total. The third kappa shape index (κ3) is 1.91. The molecule has 0 aliphatic rings. The zero-order valence-electron chi connectivity index (χ0n) is 10.8. The lowest BCUT2D eigenvalue weighted by Crippen LogP contribution is -2.10. The van der Waals surface area contributed by atoms with Gasteiger partial charge in [0.25, 0.3) is 0 Å². The predicted molar refractivity (Wildman–Crippen MR) is 74.3 cm³/mol. The summed E-state index contributed by atoms with van der Waals surface area (Å²) in [5.74, 6) is -0.461. The van der Waals surface area contributed by atoms with Gasteiger partial charge in [-0.3, -0.25) is 0 Å². The van der Waals surface area contributed by atoms with Crippen molar-refractivity contribution in [2.24, 2.45) is 0 Å². The molecule has 0 saturated heterocycles. The zero-order valence-corrected chi connectivity index (χ0v) is 10.8.